The van der Waals surface area contributed by atoms with Crippen molar-refractivity contribution in [1.29, 1.82) is 0 Å². The quantitative estimate of drug-likeness (QED) is 0.137. The number of methoxy groups -OCH3 is 2. The zero-order valence-electron chi connectivity index (χ0n) is 29.2. The van der Waals surface area contributed by atoms with E-state index in [4.69, 9.17) is 9.47 Å². The molecule has 49 heavy (non-hydrogen) atoms. The van der Waals surface area contributed by atoms with Gasteiger partial charge in [0.25, 0.3) is 10.0 Å². The van der Waals surface area contributed by atoms with Crippen molar-refractivity contribution in [2.45, 2.75) is 64.4 Å². The Labute approximate surface area is 290 Å². The van der Waals surface area contributed by atoms with Gasteiger partial charge in [0.05, 0.1) is 24.8 Å². The van der Waals surface area contributed by atoms with Crippen LogP contribution >= 0.6 is 0 Å². The molecule has 1 atom stereocenters. The number of hydrogen-bond donors (Lipinski definition) is 1. The topological polar surface area (TPSA) is 105 Å². The lowest BCUT2D eigenvalue weighted by atomic mass is 10.0. The van der Waals surface area contributed by atoms with Crippen molar-refractivity contribution in [2.24, 2.45) is 0 Å². The zero-order valence-corrected chi connectivity index (χ0v) is 30.0. The number of nitrogens with zero attached hydrogens (tertiary/aromatic N) is 2. The van der Waals surface area contributed by atoms with Gasteiger partial charge in [-0.25, -0.2) is 8.42 Å². The molecule has 0 saturated carbocycles. The molecule has 0 spiro atoms. The highest BCUT2D eigenvalue weighted by Crippen LogP contribution is 2.33. The number of unbranched alkanes of at least 4 members (excludes halogenated alkanes) is 1. The second-order valence-corrected chi connectivity index (χ2v) is 14.0. The van der Waals surface area contributed by atoms with Crippen LogP contribution in [0.15, 0.2) is 95.9 Å². The highest BCUT2D eigenvalue weighted by atomic mass is 32.2. The average molecular weight is 686 g/mol. The summed E-state index contributed by atoms with van der Waals surface area (Å²) in [6.07, 6.45) is 1.94. The first kappa shape index (κ1) is 37.0. The molecule has 4 rings (SSSR count). The zero-order chi connectivity index (χ0) is 35.6. The van der Waals surface area contributed by atoms with E-state index in [1.165, 1.54) is 37.3 Å². The minimum Gasteiger partial charge on any atom is -0.493 e. The SMILES string of the molecule is CCCCNC(=O)[C@@H](Cc1ccccc1)N(Cc1ccccc1C)C(=O)CN(c1cc(C)cc(C)c1)S(=O)(=O)c1ccc(OC)c(OC)c1. The Kier molecular flexibility index (Phi) is 12.8. The normalized spacial score (nSPS) is 11.8. The highest BCUT2D eigenvalue weighted by molar-refractivity contribution is 7.92. The molecule has 260 valence electrons. The molecule has 0 aliphatic carbocycles. The first-order valence-electron chi connectivity index (χ1n) is 16.5. The summed E-state index contributed by atoms with van der Waals surface area (Å²) in [6, 6.07) is 26.1. The van der Waals surface area contributed by atoms with Crippen molar-refractivity contribution < 1.29 is 27.5 Å². The minimum atomic E-state index is -4.33. The van der Waals surface area contributed by atoms with Crippen LogP contribution in [0.25, 0.3) is 0 Å². The van der Waals surface area contributed by atoms with Crippen molar-refractivity contribution >= 4 is 27.5 Å². The molecule has 0 bridgehead atoms. The summed E-state index contributed by atoms with van der Waals surface area (Å²) in [5.74, 6) is -0.196. The molecule has 0 radical (unpaired) electrons. The molecule has 0 heterocycles. The van der Waals surface area contributed by atoms with Crippen LogP contribution in [0, 0.1) is 20.8 Å². The van der Waals surface area contributed by atoms with E-state index in [9.17, 15) is 18.0 Å². The van der Waals surface area contributed by atoms with E-state index in [1.54, 1.807) is 12.1 Å². The van der Waals surface area contributed by atoms with Gasteiger partial charge in [0.1, 0.15) is 12.6 Å². The molecule has 0 aliphatic rings. The molecule has 2 amide bonds. The molecule has 0 unspecified atom stereocenters. The van der Waals surface area contributed by atoms with Gasteiger partial charge in [-0.2, -0.15) is 0 Å². The van der Waals surface area contributed by atoms with Crippen LogP contribution in [0.5, 0.6) is 11.5 Å². The fourth-order valence-corrected chi connectivity index (χ4v) is 7.17. The summed E-state index contributed by atoms with van der Waals surface area (Å²) < 4.78 is 41.0. The largest absolute Gasteiger partial charge is 0.493 e. The Morgan fingerprint density at radius 2 is 1.47 bits per heavy atom. The Morgan fingerprint density at radius 1 is 0.816 bits per heavy atom. The smallest absolute Gasteiger partial charge is 0.264 e. The predicted octanol–water partition coefficient (Wildman–Crippen LogP) is 6.38. The molecule has 9 nitrogen and oxygen atoms in total. The maximum absolute atomic E-state index is 14.8. The Balaban J connectivity index is 1.85. The third-order valence-electron chi connectivity index (χ3n) is 8.42. The molecule has 0 aliphatic heterocycles. The van der Waals surface area contributed by atoms with Crippen LogP contribution in [0.1, 0.15) is 47.6 Å². The lowest BCUT2D eigenvalue weighted by Gasteiger charge is -2.34. The number of aryl methyl sites for hydroxylation is 3. The van der Waals surface area contributed by atoms with Gasteiger partial charge in [-0.15, -0.1) is 0 Å². The van der Waals surface area contributed by atoms with Gasteiger partial charge < -0.3 is 19.7 Å². The van der Waals surface area contributed by atoms with Crippen LogP contribution in [0.2, 0.25) is 0 Å². The van der Waals surface area contributed by atoms with Gasteiger partial charge in [-0.1, -0.05) is 74.0 Å². The summed E-state index contributed by atoms with van der Waals surface area (Å²) in [4.78, 5) is 30.2. The van der Waals surface area contributed by atoms with Crippen LogP contribution in [0.3, 0.4) is 0 Å². The Bertz CT molecular complexity index is 1820. The maximum Gasteiger partial charge on any atom is 0.264 e. The Morgan fingerprint density at radius 3 is 2.10 bits per heavy atom. The fraction of sp³-hybridized carbons (Fsp3) is 0.333. The van der Waals surface area contributed by atoms with Gasteiger partial charge in [-0.05, 0) is 79.3 Å². The van der Waals surface area contributed by atoms with Gasteiger partial charge in [0, 0.05) is 25.6 Å². The highest BCUT2D eigenvalue weighted by Gasteiger charge is 2.35. The molecule has 0 fully saturated rings. The summed E-state index contributed by atoms with van der Waals surface area (Å²) in [7, 11) is -1.42. The molecule has 1 N–H and O–H groups in total. The molecule has 10 heteroatoms. The van der Waals surface area contributed by atoms with Crippen molar-refractivity contribution in [3.05, 3.63) is 119 Å². The number of carbonyl (C=O) groups is 2. The number of carbonyl (C=O) groups excluding carboxylic acids is 2. The van der Waals surface area contributed by atoms with E-state index in [2.05, 4.69) is 5.32 Å². The fourth-order valence-electron chi connectivity index (χ4n) is 5.76. The van der Waals surface area contributed by atoms with Gasteiger partial charge >= 0.3 is 0 Å². The third-order valence-corrected chi connectivity index (χ3v) is 10.2. The van der Waals surface area contributed by atoms with E-state index in [-0.39, 0.29) is 29.5 Å². The number of benzene rings is 4. The second kappa shape index (κ2) is 17.0. The molecule has 4 aromatic carbocycles. The summed E-state index contributed by atoms with van der Waals surface area (Å²) in [5, 5.41) is 3.03. The number of amides is 2. The van der Waals surface area contributed by atoms with Crippen LogP contribution in [0.4, 0.5) is 5.69 Å². The van der Waals surface area contributed by atoms with Crippen LogP contribution in [-0.4, -0.2) is 58.5 Å². The van der Waals surface area contributed by atoms with Gasteiger partial charge in [0.15, 0.2) is 11.5 Å². The lowest BCUT2D eigenvalue weighted by Crippen LogP contribution is -2.53. The van der Waals surface area contributed by atoms with E-state index in [0.717, 1.165) is 45.0 Å². The molecular formula is C39H47N3O6S. The average Bonchev–Trinajstić information content (AvgIpc) is 3.09. The standard InChI is InChI=1S/C39H47N3O6S/c1-7-8-20-40-39(44)35(24-31-15-10-9-11-16-31)41(26-32-17-13-12-14-30(32)4)38(43)27-42(33-22-28(2)21-29(3)23-33)49(45,46)34-18-19-36(47-5)37(25-34)48-6/h9-19,21-23,25,35H,7-8,20,24,26-27H2,1-6H3,(H,40,44)/t35-/m1/s1. The number of hydrogen-bond acceptors (Lipinski definition) is 6. The predicted molar refractivity (Wildman–Crippen MR) is 194 cm³/mol. The molecule has 0 aromatic heterocycles. The van der Waals surface area contributed by atoms with Crippen molar-refractivity contribution in [2.75, 3.05) is 31.6 Å². The number of rotatable bonds is 16. The van der Waals surface area contributed by atoms with Crippen LogP contribution < -0.4 is 19.1 Å². The molecular weight excluding hydrogens is 639 g/mol. The van der Waals surface area contributed by atoms with Crippen LogP contribution in [-0.2, 0) is 32.6 Å². The monoisotopic (exact) mass is 685 g/mol. The van der Waals surface area contributed by atoms with E-state index in [1.807, 2.05) is 88.4 Å². The van der Waals surface area contributed by atoms with E-state index >= 15 is 0 Å². The number of nitrogens with one attached hydrogen (secondary N) is 1. The Hall–Kier alpha value is -4.83. The van der Waals surface area contributed by atoms with Crippen molar-refractivity contribution in [1.82, 2.24) is 10.2 Å². The van der Waals surface area contributed by atoms with Crippen molar-refractivity contribution in [3.63, 3.8) is 0 Å². The molecule has 0 saturated heterocycles. The van der Waals surface area contributed by atoms with Gasteiger partial charge in [-0.3, -0.25) is 13.9 Å². The van der Waals surface area contributed by atoms with Gasteiger partial charge in [0.2, 0.25) is 11.8 Å². The van der Waals surface area contributed by atoms with Crippen molar-refractivity contribution in [3.8, 4) is 11.5 Å². The summed E-state index contributed by atoms with van der Waals surface area (Å²) in [5.41, 5.74) is 4.70. The maximum atomic E-state index is 14.8. The third kappa shape index (κ3) is 9.41. The lowest BCUT2D eigenvalue weighted by molar-refractivity contribution is -0.140. The first-order chi connectivity index (χ1) is 23.5. The number of ether oxygens (including phenoxy) is 2. The minimum absolute atomic E-state index is 0.0688. The summed E-state index contributed by atoms with van der Waals surface area (Å²) >= 11 is 0. The number of sulfonamides is 1. The van der Waals surface area contributed by atoms with E-state index in [0.29, 0.717) is 18.0 Å². The van der Waals surface area contributed by atoms with E-state index < -0.39 is 28.5 Å². The summed E-state index contributed by atoms with van der Waals surface area (Å²) in [6.45, 7) is 7.79. The molecule has 4 aromatic rings. The first-order valence-corrected chi connectivity index (χ1v) is 17.9. The second-order valence-electron chi connectivity index (χ2n) is 12.2. The number of anilines is 1.